The molecular weight excluding hydrogens is 432 g/mol. The highest BCUT2D eigenvalue weighted by atomic mass is 127. The molecule has 1 saturated heterocycles. The van der Waals surface area contributed by atoms with Gasteiger partial charge in [-0.15, -0.1) is 24.0 Å². The van der Waals surface area contributed by atoms with Crippen LogP contribution in [0.2, 0.25) is 0 Å². The molecule has 1 aromatic rings. The van der Waals surface area contributed by atoms with Crippen molar-refractivity contribution in [2.75, 3.05) is 50.7 Å². The van der Waals surface area contributed by atoms with Gasteiger partial charge in [-0.3, -0.25) is 9.89 Å². The van der Waals surface area contributed by atoms with Gasteiger partial charge in [0, 0.05) is 51.0 Å². The second-order valence-corrected chi connectivity index (χ2v) is 6.48. The molecule has 0 atom stereocenters. The Labute approximate surface area is 167 Å². The van der Waals surface area contributed by atoms with Gasteiger partial charge in [-0.25, -0.2) is 4.39 Å². The Morgan fingerprint density at radius 2 is 1.84 bits per heavy atom. The van der Waals surface area contributed by atoms with Crippen LogP contribution in [0.25, 0.3) is 0 Å². The number of aliphatic imine (C=N–C) groups is 1. The van der Waals surface area contributed by atoms with Crippen molar-refractivity contribution >= 4 is 35.6 Å². The number of nitrogens with zero attached hydrogens (tertiary/aromatic N) is 3. The maximum Gasteiger partial charge on any atom is 0.191 e. The summed E-state index contributed by atoms with van der Waals surface area (Å²) in [6, 6.07) is 7.42. The first-order valence-electron chi connectivity index (χ1n) is 9.02. The molecule has 0 amide bonds. The predicted octanol–water partition coefficient (Wildman–Crippen LogP) is 2.28. The number of benzene rings is 1. The SMILES string of the molecule is CCNC(=NCCN1CCN(c2ccc(F)cc2)CC1)NC1CC1.I. The summed E-state index contributed by atoms with van der Waals surface area (Å²) in [7, 11) is 0. The van der Waals surface area contributed by atoms with Crippen LogP contribution < -0.4 is 15.5 Å². The van der Waals surface area contributed by atoms with Crippen molar-refractivity contribution in [2.45, 2.75) is 25.8 Å². The lowest BCUT2D eigenvalue weighted by atomic mass is 10.2. The molecule has 0 radical (unpaired) electrons. The number of rotatable bonds is 6. The molecule has 2 aliphatic rings. The molecule has 0 aromatic heterocycles. The van der Waals surface area contributed by atoms with E-state index in [1.165, 1.54) is 25.0 Å². The molecule has 0 spiro atoms. The third-order valence-corrected chi connectivity index (χ3v) is 4.51. The highest BCUT2D eigenvalue weighted by Gasteiger charge is 2.22. The first kappa shape index (κ1) is 20.2. The number of piperazine rings is 1. The van der Waals surface area contributed by atoms with Gasteiger partial charge in [0.2, 0.25) is 0 Å². The van der Waals surface area contributed by atoms with Gasteiger partial charge in [0.15, 0.2) is 5.96 Å². The van der Waals surface area contributed by atoms with Crippen molar-refractivity contribution in [3.63, 3.8) is 0 Å². The molecule has 3 rings (SSSR count). The number of guanidine groups is 1. The van der Waals surface area contributed by atoms with E-state index in [0.29, 0.717) is 6.04 Å². The fourth-order valence-corrected chi connectivity index (χ4v) is 2.93. The minimum Gasteiger partial charge on any atom is -0.369 e. The number of halogens is 2. The molecule has 7 heteroatoms. The molecule has 1 aliphatic heterocycles. The molecule has 1 aromatic carbocycles. The third-order valence-electron chi connectivity index (χ3n) is 4.51. The van der Waals surface area contributed by atoms with Crippen LogP contribution in [0.15, 0.2) is 29.3 Å². The maximum atomic E-state index is 13.0. The van der Waals surface area contributed by atoms with E-state index in [1.807, 2.05) is 12.1 Å². The summed E-state index contributed by atoms with van der Waals surface area (Å²) in [6.45, 7) is 8.81. The largest absolute Gasteiger partial charge is 0.369 e. The van der Waals surface area contributed by atoms with E-state index in [1.54, 1.807) is 0 Å². The Balaban J connectivity index is 0.00000225. The van der Waals surface area contributed by atoms with Crippen LogP contribution in [-0.4, -0.2) is 62.7 Å². The molecule has 0 unspecified atom stereocenters. The van der Waals surface area contributed by atoms with Gasteiger partial charge in [-0.05, 0) is 44.0 Å². The molecular formula is C18H29FIN5. The lowest BCUT2D eigenvalue weighted by Gasteiger charge is -2.35. The molecule has 0 bridgehead atoms. The lowest BCUT2D eigenvalue weighted by molar-refractivity contribution is 0.265. The molecule has 1 saturated carbocycles. The summed E-state index contributed by atoms with van der Waals surface area (Å²) in [5.41, 5.74) is 1.11. The Morgan fingerprint density at radius 3 is 2.44 bits per heavy atom. The molecule has 25 heavy (non-hydrogen) atoms. The summed E-state index contributed by atoms with van der Waals surface area (Å²) in [5.74, 6) is 0.775. The summed E-state index contributed by atoms with van der Waals surface area (Å²) >= 11 is 0. The van der Waals surface area contributed by atoms with Crippen LogP contribution in [0.5, 0.6) is 0 Å². The number of nitrogens with one attached hydrogen (secondary N) is 2. The van der Waals surface area contributed by atoms with E-state index < -0.39 is 0 Å². The highest BCUT2D eigenvalue weighted by Crippen LogP contribution is 2.18. The Bertz CT molecular complexity index is 539. The van der Waals surface area contributed by atoms with E-state index in [-0.39, 0.29) is 29.8 Å². The quantitative estimate of drug-likeness (QED) is 0.388. The first-order valence-corrected chi connectivity index (χ1v) is 9.02. The molecule has 2 N–H and O–H groups in total. The van der Waals surface area contributed by atoms with Crippen LogP contribution in [0.4, 0.5) is 10.1 Å². The van der Waals surface area contributed by atoms with E-state index in [4.69, 9.17) is 0 Å². The van der Waals surface area contributed by atoms with E-state index in [9.17, 15) is 4.39 Å². The van der Waals surface area contributed by atoms with Crippen molar-refractivity contribution in [1.82, 2.24) is 15.5 Å². The summed E-state index contributed by atoms with van der Waals surface area (Å²) in [6.07, 6.45) is 2.52. The highest BCUT2D eigenvalue weighted by molar-refractivity contribution is 14.0. The minimum atomic E-state index is -0.174. The molecule has 5 nitrogen and oxygen atoms in total. The van der Waals surface area contributed by atoms with E-state index in [2.05, 4.69) is 32.3 Å². The smallest absolute Gasteiger partial charge is 0.191 e. The van der Waals surface area contributed by atoms with Gasteiger partial charge in [0.05, 0.1) is 6.54 Å². The van der Waals surface area contributed by atoms with Crippen LogP contribution in [0, 0.1) is 5.82 Å². The Morgan fingerprint density at radius 1 is 1.16 bits per heavy atom. The first-order chi connectivity index (χ1) is 11.7. The average Bonchev–Trinajstić information content (AvgIpc) is 3.40. The fraction of sp³-hybridized carbons (Fsp3) is 0.611. The van der Waals surface area contributed by atoms with Gasteiger partial charge in [-0.2, -0.15) is 0 Å². The zero-order valence-electron chi connectivity index (χ0n) is 14.9. The topological polar surface area (TPSA) is 42.9 Å². The third kappa shape index (κ3) is 6.62. The van der Waals surface area contributed by atoms with Gasteiger partial charge in [0.25, 0.3) is 0 Å². The van der Waals surface area contributed by atoms with Crippen molar-refractivity contribution in [3.05, 3.63) is 30.1 Å². The maximum absolute atomic E-state index is 13.0. The molecule has 140 valence electrons. The second kappa shape index (κ2) is 10.2. The standard InChI is InChI=1S/C18H28FN5.HI/c1-2-20-18(22-16-5-6-16)21-9-10-23-11-13-24(14-12-23)17-7-3-15(19)4-8-17;/h3-4,7-8,16H,2,5-6,9-14H2,1H3,(H2,20,21,22);1H. The van der Waals surface area contributed by atoms with Gasteiger partial charge < -0.3 is 15.5 Å². The average molecular weight is 461 g/mol. The monoisotopic (exact) mass is 461 g/mol. The van der Waals surface area contributed by atoms with Crippen LogP contribution in [-0.2, 0) is 0 Å². The van der Waals surface area contributed by atoms with E-state index in [0.717, 1.165) is 57.5 Å². The number of hydrogen-bond acceptors (Lipinski definition) is 3. The van der Waals surface area contributed by atoms with Gasteiger partial charge in [0.1, 0.15) is 5.82 Å². The molecule has 2 fully saturated rings. The van der Waals surface area contributed by atoms with Crippen LogP contribution >= 0.6 is 24.0 Å². The van der Waals surface area contributed by atoms with Gasteiger partial charge in [-0.1, -0.05) is 0 Å². The zero-order chi connectivity index (χ0) is 16.8. The van der Waals surface area contributed by atoms with E-state index >= 15 is 0 Å². The van der Waals surface area contributed by atoms with Crippen molar-refractivity contribution < 1.29 is 4.39 Å². The minimum absolute atomic E-state index is 0. The van der Waals surface area contributed by atoms with Crippen molar-refractivity contribution in [2.24, 2.45) is 4.99 Å². The summed E-state index contributed by atoms with van der Waals surface area (Å²) in [5, 5.41) is 6.75. The second-order valence-electron chi connectivity index (χ2n) is 6.48. The van der Waals surface area contributed by atoms with Gasteiger partial charge >= 0.3 is 0 Å². The predicted molar refractivity (Wildman–Crippen MR) is 113 cm³/mol. The van der Waals surface area contributed by atoms with Crippen LogP contribution in [0.1, 0.15) is 19.8 Å². The fourth-order valence-electron chi connectivity index (χ4n) is 2.93. The van der Waals surface area contributed by atoms with Crippen LogP contribution in [0.3, 0.4) is 0 Å². The summed E-state index contributed by atoms with van der Waals surface area (Å²) in [4.78, 5) is 9.44. The van der Waals surface area contributed by atoms with Crippen molar-refractivity contribution in [1.29, 1.82) is 0 Å². The summed E-state index contributed by atoms with van der Waals surface area (Å²) < 4.78 is 13.0. The Hall–Kier alpha value is -1.09. The number of hydrogen-bond donors (Lipinski definition) is 2. The van der Waals surface area contributed by atoms with Crippen molar-refractivity contribution in [3.8, 4) is 0 Å². The number of anilines is 1. The zero-order valence-corrected chi connectivity index (χ0v) is 17.2. The lowest BCUT2D eigenvalue weighted by Crippen LogP contribution is -2.47. The normalized spacial score (nSPS) is 18.6. The molecule has 1 heterocycles. The molecule has 1 aliphatic carbocycles. The Kier molecular flexibility index (Phi) is 8.21.